The maximum atomic E-state index is 10.9. The van der Waals surface area contributed by atoms with Gasteiger partial charge in [-0.3, -0.25) is 4.79 Å². The van der Waals surface area contributed by atoms with E-state index in [1.54, 1.807) is 7.11 Å². The molecule has 0 bridgehead atoms. The molecule has 0 fully saturated rings. The van der Waals surface area contributed by atoms with Crippen LogP contribution in [0.5, 0.6) is 5.75 Å². The summed E-state index contributed by atoms with van der Waals surface area (Å²) in [5.74, 6) is -0.600. The quantitative estimate of drug-likeness (QED) is 0.757. The minimum atomic E-state index is -0.835. The maximum Gasteiger partial charge on any atom is 0.308 e. The summed E-state index contributed by atoms with van der Waals surface area (Å²) >= 11 is 0. The zero-order valence-electron chi connectivity index (χ0n) is 8.43. The van der Waals surface area contributed by atoms with Gasteiger partial charge < -0.3 is 15.6 Å². The Kier molecular flexibility index (Phi) is 2.36. The van der Waals surface area contributed by atoms with Crippen LogP contribution in [0.4, 0.5) is 0 Å². The standard InChI is InChI=1S/C11H13NO3/c1-15-7-2-3-8-6(4-7)5-9(10(8)12)11(13)14/h2-4,9-10H,5,12H2,1H3,(H,13,14). The van der Waals surface area contributed by atoms with Crippen molar-refractivity contribution in [1.29, 1.82) is 0 Å². The molecule has 0 saturated heterocycles. The number of ether oxygens (including phenoxy) is 1. The average Bonchev–Trinajstić information content (AvgIpc) is 2.55. The van der Waals surface area contributed by atoms with Crippen LogP contribution in [-0.4, -0.2) is 18.2 Å². The van der Waals surface area contributed by atoms with Gasteiger partial charge in [0, 0.05) is 6.04 Å². The van der Waals surface area contributed by atoms with E-state index in [4.69, 9.17) is 15.6 Å². The van der Waals surface area contributed by atoms with Crippen molar-refractivity contribution in [3.63, 3.8) is 0 Å². The van der Waals surface area contributed by atoms with Gasteiger partial charge in [0.15, 0.2) is 0 Å². The summed E-state index contributed by atoms with van der Waals surface area (Å²) in [5, 5.41) is 8.97. The molecule has 0 radical (unpaired) electrons. The highest BCUT2D eigenvalue weighted by molar-refractivity contribution is 5.73. The van der Waals surface area contributed by atoms with Crippen LogP contribution in [0.25, 0.3) is 0 Å². The van der Waals surface area contributed by atoms with E-state index in [-0.39, 0.29) is 0 Å². The fraction of sp³-hybridized carbons (Fsp3) is 0.364. The Balaban J connectivity index is 2.36. The molecule has 2 unspecified atom stereocenters. The Morgan fingerprint density at radius 1 is 1.60 bits per heavy atom. The van der Waals surface area contributed by atoms with Gasteiger partial charge in [0.25, 0.3) is 0 Å². The van der Waals surface area contributed by atoms with Crippen molar-refractivity contribution in [3.05, 3.63) is 29.3 Å². The summed E-state index contributed by atoms with van der Waals surface area (Å²) in [6.45, 7) is 0. The van der Waals surface area contributed by atoms with E-state index in [9.17, 15) is 4.79 Å². The van der Waals surface area contributed by atoms with Gasteiger partial charge in [-0.05, 0) is 29.7 Å². The highest BCUT2D eigenvalue weighted by atomic mass is 16.5. The van der Waals surface area contributed by atoms with Crippen LogP contribution < -0.4 is 10.5 Å². The van der Waals surface area contributed by atoms with Crippen molar-refractivity contribution in [2.45, 2.75) is 12.5 Å². The van der Waals surface area contributed by atoms with Gasteiger partial charge in [-0.25, -0.2) is 0 Å². The Hall–Kier alpha value is -1.55. The summed E-state index contributed by atoms with van der Waals surface area (Å²) in [5.41, 5.74) is 7.76. The number of nitrogens with two attached hydrogens (primary N) is 1. The van der Waals surface area contributed by atoms with Crippen LogP contribution in [0.3, 0.4) is 0 Å². The van der Waals surface area contributed by atoms with Crippen LogP contribution in [0, 0.1) is 5.92 Å². The van der Waals surface area contributed by atoms with Gasteiger partial charge in [-0.1, -0.05) is 6.07 Å². The van der Waals surface area contributed by atoms with Crippen molar-refractivity contribution < 1.29 is 14.6 Å². The molecule has 1 aliphatic carbocycles. The number of rotatable bonds is 2. The second-order valence-electron chi connectivity index (χ2n) is 3.74. The van der Waals surface area contributed by atoms with Crippen molar-refractivity contribution >= 4 is 5.97 Å². The summed E-state index contributed by atoms with van der Waals surface area (Å²) in [6.07, 6.45) is 0.489. The highest BCUT2D eigenvalue weighted by Crippen LogP contribution is 2.36. The number of carbonyl (C=O) groups is 1. The summed E-state index contributed by atoms with van der Waals surface area (Å²) in [7, 11) is 1.59. The number of fused-ring (bicyclic) bond motifs is 1. The van der Waals surface area contributed by atoms with Gasteiger partial charge in [-0.2, -0.15) is 0 Å². The molecule has 0 aromatic heterocycles. The monoisotopic (exact) mass is 207 g/mol. The molecule has 15 heavy (non-hydrogen) atoms. The van der Waals surface area contributed by atoms with Crippen molar-refractivity contribution in [2.24, 2.45) is 11.7 Å². The molecular weight excluding hydrogens is 194 g/mol. The van der Waals surface area contributed by atoms with E-state index in [1.807, 2.05) is 18.2 Å². The summed E-state index contributed by atoms with van der Waals surface area (Å²) < 4.78 is 5.08. The first-order valence-corrected chi connectivity index (χ1v) is 4.78. The van der Waals surface area contributed by atoms with Crippen molar-refractivity contribution in [2.75, 3.05) is 7.11 Å². The Morgan fingerprint density at radius 2 is 2.33 bits per heavy atom. The third kappa shape index (κ3) is 1.57. The molecule has 0 heterocycles. The number of methoxy groups -OCH3 is 1. The highest BCUT2D eigenvalue weighted by Gasteiger charge is 2.34. The molecule has 0 aliphatic heterocycles. The predicted octanol–water partition coefficient (Wildman–Crippen LogP) is 0.952. The molecule has 1 aromatic rings. The topological polar surface area (TPSA) is 72.5 Å². The minimum absolute atomic E-state index is 0.400. The van der Waals surface area contributed by atoms with Gasteiger partial charge in [0.2, 0.25) is 0 Å². The SMILES string of the molecule is COc1ccc2c(c1)CC(C(=O)O)C2N. The number of carboxylic acid groups (broad SMARTS) is 1. The van der Waals surface area contributed by atoms with Gasteiger partial charge in [0.05, 0.1) is 13.0 Å². The lowest BCUT2D eigenvalue weighted by molar-refractivity contribution is -0.142. The zero-order chi connectivity index (χ0) is 11.0. The van der Waals surface area contributed by atoms with Crippen molar-refractivity contribution in [1.82, 2.24) is 0 Å². The molecule has 4 heteroatoms. The molecule has 3 N–H and O–H groups in total. The average molecular weight is 207 g/mol. The lowest BCUT2D eigenvalue weighted by atomic mass is 10.0. The lowest BCUT2D eigenvalue weighted by Crippen LogP contribution is -2.24. The fourth-order valence-corrected chi connectivity index (χ4v) is 2.03. The Labute approximate surface area is 87.7 Å². The van der Waals surface area contributed by atoms with Gasteiger partial charge in [-0.15, -0.1) is 0 Å². The molecule has 0 spiro atoms. The maximum absolute atomic E-state index is 10.9. The van der Waals surface area contributed by atoms with Gasteiger partial charge >= 0.3 is 5.97 Å². The van der Waals surface area contributed by atoms with E-state index < -0.39 is 17.9 Å². The molecule has 1 aromatic carbocycles. The molecule has 0 saturated carbocycles. The Morgan fingerprint density at radius 3 is 2.93 bits per heavy atom. The number of benzene rings is 1. The predicted molar refractivity (Wildman–Crippen MR) is 54.8 cm³/mol. The second kappa shape index (κ2) is 3.55. The second-order valence-corrected chi connectivity index (χ2v) is 3.74. The molecule has 2 atom stereocenters. The third-order valence-corrected chi connectivity index (χ3v) is 2.90. The van der Waals surface area contributed by atoms with E-state index in [0.717, 1.165) is 16.9 Å². The summed E-state index contributed by atoms with van der Waals surface area (Å²) in [4.78, 5) is 10.9. The minimum Gasteiger partial charge on any atom is -0.497 e. The lowest BCUT2D eigenvalue weighted by Gasteiger charge is -2.10. The molecule has 80 valence electrons. The zero-order valence-corrected chi connectivity index (χ0v) is 8.43. The normalized spacial score (nSPS) is 23.6. The first-order chi connectivity index (χ1) is 7.13. The fourth-order valence-electron chi connectivity index (χ4n) is 2.03. The van der Waals surface area contributed by atoms with Crippen LogP contribution in [0.2, 0.25) is 0 Å². The molecule has 2 rings (SSSR count). The smallest absolute Gasteiger partial charge is 0.308 e. The largest absolute Gasteiger partial charge is 0.497 e. The van der Waals surface area contributed by atoms with Crippen molar-refractivity contribution in [3.8, 4) is 5.75 Å². The molecule has 0 amide bonds. The van der Waals surface area contributed by atoms with Crippen LogP contribution >= 0.6 is 0 Å². The van der Waals surface area contributed by atoms with Crippen LogP contribution in [-0.2, 0) is 11.2 Å². The number of hydrogen-bond donors (Lipinski definition) is 2. The number of carboxylic acids is 1. The summed E-state index contributed by atoms with van der Waals surface area (Å²) in [6, 6.07) is 5.12. The first-order valence-electron chi connectivity index (χ1n) is 4.78. The number of aliphatic carboxylic acids is 1. The van der Waals surface area contributed by atoms with E-state index in [2.05, 4.69) is 0 Å². The van der Waals surface area contributed by atoms with E-state index >= 15 is 0 Å². The van der Waals surface area contributed by atoms with E-state index in [0.29, 0.717) is 6.42 Å². The third-order valence-electron chi connectivity index (χ3n) is 2.90. The molecular formula is C11H13NO3. The van der Waals surface area contributed by atoms with Crippen LogP contribution in [0.1, 0.15) is 17.2 Å². The number of hydrogen-bond acceptors (Lipinski definition) is 3. The van der Waals surface area contributed by atoms with Crippen LogP contribution in [0.15, 0.2) is 18.2 Å². The van der Waals surface area contributed by atoms with Gasteiger partial charge in [0.1, 0.15) is 5.75 Å². The Bertz CT molecular complexity index is 403. The first kappa shape index (κ1) is 9.98. The molecule has 4 nitrogen and oxygen atoms in total. The molecule has 1 aliphatic rings. The van der Waals surface area contributed by atoms with E-state index in [1.165, 1.54) is 0 Å².